The first-order valence-corrected chi connectivity index (χ1v) is 10.9. The van der Waals surface area contributed by atoms with Crippen molar-refractivity contribution in [3.05, 3.63) is 65.1 Å². The molecule has 2 fully saturated rings. The Morgan fingerprint density at radius 2 is 1.66 bits per heavy atom. The molecule has 1 aromatic heterocycles. The molecular weight excluding hydrogens is 430 g/mol. The van der Waals surface area contributed by atoms with Gasteiger partial charge in [-0.2, -0.15) is 0 Å². The first kappa shape index (κ1) is 22.6. The summed E-state index contributed by atoms with van der Waals surface area (Å²) in [4.78, 5) is 29.2. The van der Waals surface area contributed by atoms with Crippen molar-refractivity contribution in [1.29, 1.82) is 0 Å². The highest BCUT2D eigenvalue weighted by atomic mass is 35.5. The van der Waals surface area contributed by atoms with Gasteiger partial charge in [0, 0.05) is 31.9 Å². The van der Waals surface area contributed by atoms with Crippen LogP contribution >= 0.6 is 12.4 Å². The van der Waals surface area contributed by atoms with Crippen LogP contribution in [-0.2, 0) is 16.1 Å². The highest BCUT2D eigenvalue weighted by Crippen LogP contribution is 2.35. The number of halogens is 1. The average molecular weight is 458 g/mol. The third-order valence-corrected chi connectivity index (χ3v) is 6.54. The van der Waals surface area contributed by atoms with E-state index < -0.39 is 6.10 Å². The molecular formula is C24H28ClN3O4. The maximum atomic E-state index is 12.7. The third-order valence-electron chi connectivity index (χ3n) is 6.54. The molecule has 2 aliphatic heterocycles. The van der Waals surface area contributed by atoms with Crippen LogP contribution in [-0.4, -0.2) is 53.3 Å². The number of rotatable bonds is 4. The van der Waals surface area contributed by atoms with E-state index in [0.717, 1.165) is 43.7 Å². The number of likely N-dealkylation sites (tertiary alicyclic amines) is 1. The molecule has 0 aliphatic carbocycles. The minimum Gasteiger partial charge on any atom is -0.408 e. The molecule has 0 saturated carbocycles. The lowest BCUT2D eigenvalue weighted by molar-refractivity contribution is -0.161. The van der Waals surface area contributed by atoms with Crippen LogP contribution in [0.3, 0.4) is 0 Å². The lowest BCUT2D eigenvalue weighted by atomic mass is 9.88. The smallest absolute Gasteiger partial charge is 0.408 e. The fraction of sp³-hybridized carbons (Fsp3) is 0.417. The van der Waals surface area contributed by atoms with E-state index >= 15 is 0 Å². The molecule has 2 saturated heterocycles. The van der Waals surface area contributed by atoms with Crippen molar-refractivity contribution in [3.63, 3.8) is 0 Å². The number of amides is 1. The Kier molecular flexibility index (Phi) is 6.42. The number of benzene rings is 2. The number of carbonyl (C=O) groups excluding carboxylic acids is 1. The molecule has 7 nitrogen and oxygen atoms in total. The summed E-state index contributed by atoms with van der Waals surface area (Å²) >= 11 is 0. The number of carbonyl (C=O) groups is 1. The first-order valence-electron chi connectivity index (χ1n) is 10.9. The molecule has 3 heterocycles. The topological polar surface area (TPSA) is 67.9 Å². The van der Waals surface area contributed by atoms with Gasteiger partial charge < -0.3 is 19.0 Å². The molecule has 0 N–H and O–H groups in total. The third kappa shape index (κ3) is 4.20. The average Bonchev–Trinajstić information content (AvgIpc) is 3.11. The molecule has 1 spiro atoms. The summed E-state index contributed by atoms with van der Waals surface area (Å²) < 4.78 is 13.3. The number of ether oxygens (including phenoxy) is 1. The van der Waals surface area contributed by atoms with Crippen LogP contribution in [0.4, 0.5) is 5.69 Å². The van der Waals surface area contributed by atoms with Gasteiger partial charge in [0.05, 0.1) is 17.7 Å². The largest absolute Gasteiger partial charge is 0.419 e. The molecule has 170 valence electrons. The standard InChI is InChI=1S/C24H27N3O4.ClH/c1-18-22(28)27(19-7-3-2-4-8-19)17-24(31-18)11-13-25(14-12-24)15-16-26-20-9-5-6-10-21(20)30-23(26)29;/h2-10,18H,11-17H2,1H3;1H. The molecule has 3 aromatic rings. The Morgan fingerprint density at radius 1 is 0.969 bits per heavy atom. The highest BCUT2D eigenvalue weighted by molar-refractivity contribution is 5.97. The van der Waals surface area contributed by atoms with Crippen molar-refractivity contribution in [1.82, 2.24) is 9.47 Å². The monoisotopic (exact) mass is 457 g/mol. The van der Waals surface area contributed by atoms with Gasteiger partial charge in [-0.25, -0.2) is 4.79 Å². The van der Waals surface area contributed by atoms with Crippen LogP contribution < -0.4 is 10.7 Å². The molecule has 1 atom stereocenters. The van der Waals surface area contributed by atoms with E-state index in [2.05, 4.69) is 4.90 Å². The number of morpholine rings is 1. The maximum Gasteiger partial charge on any atom is 0.419 e. The van der Waals surface area contributed by atoms with E-state index in [0.29, 0.717) is 18.7 Å². The second kappa shape index (κ2) is 9.10. The molecule has 0 radical (unpaired) electrons. The number of oxazole rings is 1. The molecule has 5 rings (SSSR count). The fourth-order valence-corrected chi connectivity index (χ4v) is 4.80. The Hall–Kier alpha value is -2.61. The van der Waals surface area contributed by atoms with Crippen LogP contribution in [0.15, 0.2) is 63.8 Å². The van der Waals surface area contributed by atoms with E-state index in [9.17, 15) is 9.59 Å². The van der Waals surface area contributed by atoms with Crippen molar-refractivity contribution in [3.8, 4) is 0 Å². The zero-order valence-electron chi connectivity index (χ0n) is 18.1. The van der Waals surface area contributed by atoms with Crippen LogP contribution in [0.2, 0.25) is 0 Å². The summed E-state index contributed by atoms with van der Waals surface area (Å²) in [7, 11) is 0. The Morgan fingerprint density at radius 3 is 2.41 bits per heavy atom. The van der Waals surface area contributed by atoms with Crippen molar-refractivity contribution in [2.24, 2.45) is 0 Å². The molecule has 32 heavy (non-hydrogen) atoms. The summed E-state index contributed by atoms with van der Waals surface area (Å²) in [6.07, 6.45) is 1.26. The molecule has 8 heteroatoms. The number of fused-ring (bicyclic) bond motifs is 1. The Balaban J connectivity index is 0.00000245. The van der Waals surface area contributed by atoms with Gasteiger partial charge in [0.2, 0.25) is 0 Å². The number of hydrogen-bond donors (Lipinski definition) is 0. The van der Waals surface area contributed by atoms with Gasteiger partial charge in [-0.15, -0.1) is 12.4 Å². The normalized spacial score (nSPS) is 21.1. The van der Waals surface area contributed by atoms with Gasteiger partial charge in [0.25, 0.3) is 5.91 Å². The highest BCUT2D eigenvalue weighted by Gasteiger charge is 2.45. The van der Waals surface area contributed by atoms with E-state index in [-0.39, 0.29) is 29.7 Å². The van der Waals surface area contributed by atoms with Crippen molar-refractivity contribution in [2.45, 2.75) is 38.0 Å². The van der Waals surface area contributed by atoms with Gasteiger partial charge in [-0.3, -0.25) is 9.36 Å². The van der Waals surface area contributed by atoms with Gasteiger partial charge in [-0.05, 0) is 44.0 Å². The van der Waals surface area contributed by atoms with Gasteiger partial charge >= 0.3 is 5.76 Å². The van der Waals surface area contributed by atoms with E-state index in [1.807, 2.05) is 66.4 Å². The number of nitrogens with zero attached hydrogens (tertiary/aromatic N) is 3. The zero-order chi connectivity index (χ0) is 21.4. The number of para-hydroxylation sites is 3. The summed E-state index contributed by atoms with van der Waals surface area (Å²) in [5.41, 5.74) is 2.07. The second-order valence-electron chi connectivity index (χ2n) is 8.53. The molecule has 1 unspecified atom stereocenters. The summed E-state index contributed by atoms with van der Waals surface area (Å²) in [6, 6.07) is 17.3. The van der Waals surface area contributed by atoms with Gasteiger partial charge in [0.1, 0.15) is 6.10 Å². The summed E-state index contributed by atoms with van der Waals surface area (Å²) in [5, 5.41) is 0. The lowest BCUT2D eigenvalue weighted by Gasteiger charge is -2.49. The minimum absolute atomic E-state index is 0. The summed E-state index contributed by atoms with van der Waals surface area (Å²) in [5.74, 6) is -0.290. The maximum absolute atomic E-state index is 12.7. The zero-order valence-corrected chi connectivity index (χ0v) is 18.9. The van der Waals surface area contributed by atoms with E-state index in [1.165, 1.54) is 0 Å². The predicted molar refractivity (Wildman–Crippen MR) is 125 cm³/mol. The molecule has 1 amide bonds. The quantitative estimate of drug-likeness (QED) is 0.601. The molecule has 0 bridgehead atoms. The van der Waals surface area contributed by atoms with Crippen LogP contribution in [0, 0.1) is 0 Å². The summed E-state index contributed by atoms with van der Waals surface area (Å²) in [6.45, 7) is 5.54. The van der Waals surface area contributed by atoms with Crippen LogP contribution in [0.1, 0.15) is 19.8 Å². The molecule has 2 aromatic carbocycles. The minimum atomic E-state index is -0.448. The van der Waals surface area contributed by atoms with Crippen molar-refractivity contribution in [2.75, 3.05) is 31.1 Å². The second-order valence-corrected chi connectivity index (χ2v) is 8.53. The van der Waals surface area contributed by atoms with Crippen LogP contribution in [0.5, 0.6) is 0 Å². The van der Waals surface area contributed by atoms with Gasteiger partial charge in [0.15, 0.2) is 5.58 Å². The van der Waals surface area contributed by atoms with Gasteiger partial charge in [-0.1, -0.05) is 30.3 Å². The number of piperidine rings is 1. The van der Waals surface area contributed by atoms with Crippen molar-refractivity contribution < 1.29 is 13.9 Å². The SMILES string of the molecule is CC1OC2(CCN(CCn3c(=O)oc4ccccc43)CC2)CN(c2ccccc2)C1=O.Cl. The number of hydrogen-bond acceptors (Lipinski definition) is 5. The number of anilines is 1. The fourth-order valence-electron chi connectivity index (χ4n) is 4.80. The Labute approximate surface area is 193 Å². The van der Waals surface area contributed by atoms with Crippen molar-refractivity contribution >= 4 is 35.1 Å². The molecule has 2 aliphatic rings. The van der Waals surface area contributed by atoms with E-state index in [1.54, 1.807) is 4.57 Å². The number of aromatic nitrogens is 1. The first-order chi connectivity index (χ1) is 15.0. The predicted octanol–water partition coefficient (Wildman–Crippen LogP) is 3.30. The van der Waals surface area contributed by atoms with Crippen LogP contribution in [0.25, 0.3) is 11.1 Å². The Bertz CT molecular complexity index is 1130. The van der Waals surface area contributed by atoms with E-state index in [4.69, 9.17) is 9.15 Å². The lowest BCUT2D eigenvalue weighted by Crippen LogP contribution is -2.61.